The van der Waals surface area contributed by atoms with Crippen molar-refractivity contribution in [3.05, 3.63) is 144 Å². The van der Waals surface area contributed by atoms with Crippen molar-refractivity contribution in [3.63, 3.8) is 0 Å². The quantitative estimate of drug-likeness (QED) is 0.189. The van der Waals surface area contributed by atoms with E-state index in [4.69, 9.17) is 9.47 Å². The summed E-state index contributed by atoms with van der Waals surface area (Å²) in [6, 6.07) is 39.8. The van der Waals surface area contributed by atoms with E-state index >= 15 is 0 Å². The predicted molar refractivity (Wildman–Crippen MR) is 169 cm³/mol. The van der Waals surface area contributed by atoms with Crippen LogP contribution < -0.4 is 14.8 Å². The molecule has 0 unspecified atom stereocenters. The molecule has 0 saturated carbocycles. The molecule has 6 heteroatoms. The Morgan fingerprint density at radius 3 is 2.02 bits per heavy atom. The van der Waals surface area contributed by atoms with Gasteiger partial charge in [-0.05, 0) is 71.5 Å². The van der Waals surface area contributed by atoms with Gasteiger partial charge in [0.05, 0.1) is 0 Å². The first-order chi connectivity index (χ1) is 21.2. The van der Waals surface area contributed by atoms with Crippen LogP contribution in [0.5, 0.6) is 17.4 Å². The lowest BCUT2D eigenvalue weighted by Gasteiger charge is -2.31. The minimum absolute atomic E-state index is 0.108. The Morgan fingerprint density at radius 1 is 0.721 bits per heavy atom. The number of likely N-dealkylation sites (tertiary alicyclic amines) is 1. The first-order valence-corrected chi connectivity index (χ1v) is 14.8. The normalized spacial score (nSPS) is 13.8. The molecule has 1 fully saturated rings. The molecule has 0 aliphatic carbocycles. The monoisotopic (exact) mass is 569 g/mol. The van der Waals surface area contributed by atoms with Gasteiger partial charge in [0.15, 0.2) is 0 Å². The summed E-state index contributed by atoms with van der Waals surface area (Å²) in [6.45, 7) is 3.27. The zero-order chi connectivity index (χ0) is 29.3. The molecule has 0 radical (unpaired) electrons. The van der Waals surface area contributed by atoms with Crippen LogP contribution >= 0.6 is 0 Å². The second kappa shape index (κ2) is 13.8. The average Bonchev–Trinajstić information content (AvgIpc) is 3.07. The maximum atomic E-state index is 12.7. The first kappa shape index (κ1) is 28.2. The highest BCUT2D eigenvalue weighted by Crippen LogP contribution is 2.24. The number of nitrogens with zero attached hydrogens (tertiary/aromatic N) is 2. The van der Waals surface area contributed by atoms with Crippen molar-refractivity contribution in [1.82, 2.24) is 15.2 Å². The lowest BCUT2D eigenvalue weighted by Crippen LogP contribution is -2.37. The number of carbonyl (C=O) groups excluding carboxylic acids is 1. The number of pyridine rings is 1. The molecule has 0 atom stereocenters. The van der Waals surface area contributed by atoms with Crippen LogP contribution in [0.15, 0.2) is 128 Å². The van der Waals surface area contributed by atoms with Crippen molar-refractivity contribution in [2.45, 2.75) is 32.0 Å². The van der Waals surface area contributed by atoms with Crippen molar-refractivity contribution < 1.29 is 14.3 Å². The summed E-state index contributed by atoms with van der Waals surface area (Å²) in [7, 11) is 0. The highest BCUT2D eigenvalue weighted by Gasteiger charge is 2.21. The molecular formula is C37H35N3O3. The molecule has 5 aromatic rings. The van der Waals surface area contributed by atoms with Crippen molar-refractivity contribution in [2.75, 3.05) is 13.1 Å². The molecule has 216 valence electrons. The van der Waals surface area contributed by atoms with Gasteiger partial charge < -0.3 is 14.8 Å². The standard InChI is InChI=1S/C37H35N3O3/c41-37(32-16-14-31(15-17-32)30-7-3-1-4-8-30)39-26-29-13-20-36(38-25-29)43-35-21-23-40(24-22-35)27-28-11-18-34(19-12-28)42-33-9-5-2-6-10-33/h1-20,25,35H,21-24,26-27H2,(H,39,41). The molecular weight excluding hydrogens is 534 g/mol. The predicted octanol–water partition coefficient (Wildman–Crippen LogP) is 7.51. The topological polar surface area (TPSA) is 63.7 Å². The third-order valence-electron chi connectivity index (χ3n) is 7.64. The van der Waals surface area contributed by atoms with Crippen LogP contribution in [0.2, 0.25) is 0 Å². The van der Waals surface area contributed by atoms with E-state index in [-0.39, 0.29) is 12.0 Å². The van der Waals surface area contributed by atoms with Crippen LogP contribution in [0.4, 0.5) is 0 Å². The molecule has 43 heavy (non-hydrogen) atoms. The van der Waals surface area contributed by atoms with Crippen molar-refractivity contribution in [3.8, 4) is 28.5 Å². The fourth-order valence-electron chi connectivity index (χ4n) is 5.22. The molecule has 6 rings (SSSR count). The molecule has 1 saturated heterocycles. The Hall–Kier alpha value is -4.94. The fraction of sp³-hybridized carbons (Fsp3) is 0.189. The highest BCUT2D eigenvalue weighted by molar-refractivity contribution is 5.94. The third-order valence-corrected chi connectivity index (χ3v) is 7.64. The zero-order valence-corrected chi connectivity index (χ0v) is 24.1. The van der Waals surface area contributed by atoms with Gasteiger partial charge in [-0.25, -0.2) is 4.98 Å². The summed E-state index contributed by atoms with van der Waals surface area (Å²) in [6.07, 6.45) is 3.83. The van der Waals surface area contributed by atoms with Crippen molar-refractivity contribution in [2.24, 2.45) is 0 Å². The number of amides is 1. The zero-order valence-electron chi connectivity index (χ0n) is 24.1. The molecule has 1 aliphatic heterocycles. The molecule has 1 N–H and O–H groups in total. The van der Waals surface area contributed by atoms with Gasteiger partial charge in [-0.15, -0.1) is 0 Å². The summed E-state index contributed by atoms with van der Waals surface area (Å²) in [5, 5.41) is 2.98. The van der Waals surface area contributed by atoms with Gasteiger partial charge in [-0.3, -0.25) is 9.69 Å². The Bertz CT molecular complexity index is 1580. The van der Waals surface area contributed by atoms with Crippen molar-refractivity contribution in [1.29, 1.82) is 0 Å². The summed E-state index contributed by atoms with van der Waals surface area (Å²) in [4.78, 5) is 19.6. The van der Waals surface area contributed by atoms with Gasteiger partial charge in [-0.2, -0.15) is 0 Å². The van der Waals surface area contributed by atoms with Crippen LogP contribution in [-0.2, 0) is 13.1 Å². The molecule has 4 aromatic carbocycles. The van der Waals surface area contributed by atoms with E-state index < -0.39 is 0 Å². The van der Waals surface area contributed by atoms with Crippen molar-refractivity contribution >= 4 is 5.91 Å². The van der Waals surface area contributed by atoms with E-state index in [9.17, 15) is 4.79 Å². The molecule has 1 aliphatic rings. The van der Waals surface area contributed by atoms with Crippen LogP contribution in [0.25, 0.3) is 11.1 Å². The third kappa shape index (κ3) is 7.87. The number of aromatic nitrogens is 1. The summed E-state index contributed by atoms with van der Waals surface area (Å²) < 4.78 is 12.1. The molecule has 6 nitrogen and oxygen atoms in total. The Balaban J connectivity index is 0.917. The second-order valence-corrected chi connectivity index (χ2v) is 10.8. The van der Waals surface area contributed by atoms with E-state index in [0.717, 1.165) is 60.7 Å². The first-order valence-electron chi connectivity index (χ1n) is 14.8. The molecule has 2 heterocycles. The number of nitrogens with one attached hydrogen (secondary N) is 1. The fourth-order valence-corrected chi connectivity index (χ4v) is 5.22. The summed E-state index contributed by atoms with van der Waals surface area (Å²) >= 11 is 0. The number of hydrogen-bond acceptors (Lipinski definition) is 5. The molecule has 1 amide bonds. The minimum Gasteiger partial charge on any atom is -0.474 e. The van der Waals surface area contributed by atoms with E-state index in [2.05, 4.69) is 39.5 Å². The number of benzene rings is 4. The minimum atomic E-state index is -0.108. The van der Waals surface area contributed by atoms with Gasteiger partial charge in [0.1, 0.15) is 17.6 Å². The summed E-state index contributed by atoms with van der Waals surface area (Å²) in [5.74, 6) is 2.20. The second-order valence-electron chi connectivity index (χ2n) is 10.8. The van der Waals surface area contributed by atoms with E-state index in [1.54, 1.807) is 6.20 Å². The highest BCUT2D eigenvalue weighted by atomic mass is 16.5. The smallest absolute Gasteiger partial charge is 0.251 e. The lowest BCUT2D eigenvalue weighted by atomic mass is 10.0. The van der Waals surface area contributed by atoms with Gasteiger partial charge in [0, 0.05) is 44.0 Å². The van der Waals surface area contributed by atoms with Crippen LogP contribution in [-0.4, -0.2) is 35.0 Å². The lowest BCUT2D eigenvalue weighted by molar-refractivity contribution is 0.0932. The molecule has 0 bridgehead atoms. The number of carbonyl (C=O) groups is 1. The van der Waals surface area contributed by atoms with Crippen LogP contribution in [0, 0.1) is 0 Å². The maximum Gasteiger partial charge on any atom is 0.251 e. The largest absolute Gasteiger partial charge is 0.474 e. The van der Waals surface area contributed by atoms with Gasteiger partial charge >= 0.3 is 0 Å². The molecule has 1 aromatic heterocycles. The summed E-state index contributed by atoms with van der Waals surface area (Å²) in [5.41, 5.74) is 5.05. The maximum absolute atomic E-state index is 12.7. The number of ether oxygens (including phenoxy) is 2. The number of para-hydroxylation sites is 1. The van der Waals surface area contributed by atoms with Gasteiger partial charge in [-0.1, -0.05) is 78.9 Å². The Morgan fingerprint density at radius 2 is 1.35 bits per heavy atom. The SMILES string of the molecule is O=C(NCc1ccc(OC2CCN(Cc3ccc(Oc4ccccc4)cc3)CC2)nc1)c1ccc(-c2ccccc2)cc1. The van der Waals surface area contributed by atoms with E-state index in [1.165, 1.54) is 5.56 Å². The van der Waals surface area contributed by atoms with Crippen LogP contribution in [0.1, 0.15) is 34.3 Å². The number of hydrogen-bond donors (Lipinski definition) is 1. The number of piperidine rings is 1. The van der Waals surface area contributed by atoms with E-state index in [0.29, 0.717) is 18.0 Å². The van der Waals surface area contributed by atoms with Crippen LogP contribution in [0.3, 0.4) is 0 Å². The van der Waals surface area contributed by atoms with Gasteiger partial charge in [0.25, 0.3) is 5.91 Å². The number of rotatable bonds is 10. The van der Waals surface area contributed by atoms with Gasteiger partial charge in [0.2, 0.25) is 5.88 Å². The Labute approximate surface area is 252 Å². The van der Waals surface area contributed by atoms with E-state index in [1.807, 2.05) is 97.1 Å². The Kier molecular flexibility index (Phi) is 9.06. The average molecular weight is 570 g/mol. The molecule has 0 spiro atoms.